The van der Waals surface area contributed by atoms with Crippen molar-refractivity contribution in [2.45, 2.75) is 24.7 Å². The summed E-state index contributed by atoms with van der Waals surface area (Å²) in [4.78, 5) is 11.4. The molecule has 0 aliphatic carbocycles. The van der Waals surface area contributed by atoms with Gasteiger partial charge in [-0.1, -0.05) is 0 Å². The van der Waals surface area contributed by atoms with E-state index < -0.39 is 18.2 Å². The Morgan fingerprint density at radius 3 is 2.86 bits per heavy atom. The predicted molar refractivity (Wildman–Crippen MR) is 45.0 cm³/mol. The lowest BCUT2D eigenvalue weighted by atomic mass is 10.0. The molecule has 0 saturated carbocycles. The van der Waals surface area contributed by atoms with Crippen molar-refractivity contribution in [1.29, 1.82) is 0 Å². The summed E-state index contributed by atoms with van der Waals surface area (Å²) in [5, 5.41) is 30.4. The van der Waals surface area contributed by atoms with Crippen LogP contribution in [0.5, 0.6) is 0 Å². The van der Waals surface area contributed by atoms with Crippen molar-refractivity contribution in [3.8, 4) is 0 Å². The Hall–Kier alpha value is -0.690. The molecule has 1 amide bonds. The molecular weight excluding hydrogens is 188 g/mol. The molecule has 2 fully saturated rings. The van der Waals surface area contributed by atoms with E-state index in [1.807, 2.05) is 0 Å². The molecule has 2 saturated heterocycles. The van der Waals surface area contributed by atoms with Crippen molar-refractivity contribution in [2.24, 2.45) is 0 Å². The van der Waals surface area contributed by atoms with Gasteiger partial charge in [0.25, 0.3) is 5.91 Å². The number of nitrogens with one attached hydrogen (secondary N) is 1. The molecule has 1 unspecified atom stereocenters. The van der Waals surface area contributed by atoms with Crippen LogP contribution in [-0.2, 0) is 4.79 Å². The summed E-state index contributed by atoms with van der Waals surface area (Å²) in [6.07, 6.45) is -1.47. The summed E-state index contributed by atoms with van der Waals surface area (Å²) < 4.78 is 0. The zero-order valence-corrected chi connectivity index (χ0v) is 7.76. The predicted octanol–water partition coefficient (Wildman–Crippen LogP) is -3.89. The number of aliphatic hydroxyl groups is 3. The standard InChI is InChI=1S/C8H14N2O4/c11-4-5-8(14)6(12)3-9-2-1-7(13)10(5)9/h5-6,8,11-12,14H,1-4H2/p+1/t5-,6-,8-/m1/s1. The molecule has 2 heterocycles. The molecule has 2 aliphatic rings. The Bertz CT molecular complexity index is 247. The van der Waals surface area contributed by atoms with E-state index in [4.69, 9.17) is 5.11 Å². The minimum atomic E-state index is -1.04. The average Bonchev–Trinajstić information content (AvgIpc) is 2.50. The number of carbonyl (C=O) groups excluding carboxylic acids is 1. The highest BCUT2D eigenvalue weighted by atomic mass is 16.3. The molecule has 14 heavy (non-hydrogen) atoms. The molecule has 2 aliphatic heterocycles. The van der Waals surface area contributed by atoms with Crippen LogP contribution in [0.15, 0.2) is 0 Å². The molecule has 0 aromatic rings. The van der Waals surface area contributed by atoms with E-state index in [0.29, 0.717) is 19.5 Å². The molecule has 0 bridgehead atoms. The minimum Gasteiger partial charge on any atom is -0.394 e. The molecule has 0 spiro atoms. The van der Waals surface area contributed by atoms with Gasteiger partial charge in [0.05, 0.1) is 13.0 Å². The summed E-state index contributed by atoms with van der Waals surface area (Å²) in [5.41, 5.74) is 0. The average molecular weight is 203 g/mol. The largest absolute Gasteiger partial charge is 0.394 e. The van der Waals surface area contributed by atoms with E-state index in [2.05, 4.69) is 0 Å². The van der Waals surface area contributed by atoms with Gasteiger partial charge in [0, 0.05) is 0 Å². The van der Waals surface area contributed by atoms with Gasteiger partial charge in [-0.25, -0.2) is 5.01 Å². The van der Waals surface area contributed by atoms with Crippen LogP contribution in [0, 0.1) is 0 Å². The van der Waals surface area contributed by atoms with E-state index in [1.54, 1.807) is 0 Å². The normalized spacial score (nSPS) is 42.8. The van der Waals surface area contributed by atoms with Gasteiger partial charge in [0.2, 0.25) is 0 Å². The Kier molecular flexibility index (Phi) is 2.44. The van der Waals surface area contributed by atoms with E-state index in [1.165, 1.54) is 5.01 Å². The number of quaternary nitrogens is 1. The summed E-state index contributed by atoms with van der Waals surface area (Å²) in [6, 6.07) is -0.663. The third kappa shape index (κ3) is 1.31. The molecule has 0 aromatic carbocycles. The first-order chi connectivity index (χ1) is 6.65. The highest BCUT2D eigenvalue weighted by molar-refractivity contribution is 5.76. The molecule has 6 heteroatoms. The molecule has 80 valence electrons. The van der Waals surface area contributed by atoms with Gasteiger partial charge in [0.1, 0.15) is 31.3 Å². The Balaban J connectivity index is 2.21. The van der Waals surface area contributed by atoms with Crippen molar-refractivity contribution in [3.05, 3.63) is 0 Å². The second kappa shape index (κ2) is 3.47. The first-order valence-electron chi connectivity index (χ1n) is 4.79. The molecule has 6 nitrogen and oxygen atoms in total. The monoisotopic (exact) mass is 203 g/mol. The summed E-state index contributed by atoms with van der Waals surface area (Å²) >= 11 is 0. The number of hydrogen-bond acceptors (Lipinski definition) is 4. The highest BCUT2D eigenvalue weighted by Gasteiger charge is 2.49. The smallest absolute Gasteiger partial charge is 0.273 e. The molecular formula is C8H15N2O4+. The molecule has 2 rings (SSSR count). The third-order valence-corrected chi connectivity index (χ3v) is 2.99. The number of fused-ring (bicyclic) bond motifs is 1. The van der Waals surface area contributed by atoms with Crippen LogP contribution in [0.2, 0.25) is 0 Å². The van der Waals surface area contributed by atoms with Gasteiger partial charge in [0.15, 0.2) is 0 Å². The Morgan fingerprint density at radius 1 is 1.50 bits per heavy atom. The number of amides is 1. The third-order valence-electron chi connectivity index (χ3n) is 2.99. The van der Waals surface area contributed by atoms with Crippen LogP contribution in [-0.4, -0.2) is 64.2 Å². The number of nitrogens with zero attached hydrogens (tertiary/aromatic N) is 1. The highest BCUT2D eigenvalue weighted by Crippen LogP contribution is 2.12. The Labute approximate surface area is 81.3 Å². The van der Waals surface area contributed by atoms with Gasteiger partial charge in [-0.05, 0) is 0 Å². The van der Waals surface area contributed by atoms with Crippen molar-refractivity contribution in [1.82, 2.24) is 5.01 Å². The zero-order chi connectivity index (χ0) is 10.3. The second-order valence-electron chi connectivity index (χ2n) is 3.84. The van der Waals surface area contributed by atoms with Crippen molar-refractivity contribution >= 4 is 5.91 Å². The van der Waals surface area contributed by atoms with E-state index in [0.717, 1.165) is 5.01 Å². The van der Waals surface area contributed by atoms with Crippen molar-refractivity contribution in [2.75, 3.05) is 19.7 Å². The number of hydrogen-bond donors (Lipinski definition) is 4. The molecule has 0 radical (unpaired) electrons. The lowest BCUT2D eigenvalue weighted by Gasteiger charge is -2.40. The summed E-state index contributed by atoms with van der Waals surface area (Å²) in [5.74, 6) is -0.0648. The fourth-order valence-electron chi connectivity index (χ4n) is 2.25. The number of carbonyl (C=O) groups is 1. The summed E-state index contributed by atoms with van der Waals surface area (Å²) in [6.45, 7) is 0.663. The van der Waals surface area contributed by atoms with Crippen LogP contribution < -0.4 is 5.01 Å². The Morgan fingerprint density at radius 2 is 2.21 bits per heavy atom. The van der Waals surface area contributed by atoms with Gasteiger partial charge in [-0.3, -0.25) is 4.79 Å². The van der Waals surface area contributed by atoms with Gasteiger partial charge in [-0.15, -0.1) is 0 Å². The van der Waals surface area contributed by atoms with Crippen LogP contribution in [0.25, 0.3) is 0 Å². The topological polar surface area (TPSA) is 85.4 Å². The van der Waals surface area contributed by atoms with Crippen LogP contribution >= 0.6 is 0 Å². The van der Waals surface area contributed by atoms with Gasteiger partial charge in [-0.2, -0.15) is 5.01 Å². The maximum atomic E-state index is 11.4. The van der Waals surface area contributed by atoms with Crippen LogP contribution in [0.1, 0.15) is 6.42 Å². The van der Waals surface area contributed by atoms with E-state index in [9.17, 15) is 15.0 Å². The number of aliphatic hydroxyl groups excluding tert-OH is 3. The van der Waals surface area contributed by atoms with E-state index >= 15 is 0 Å². The summed E-state index contributed by atoms with van der Waals surface area (Å²) in [7, 11) is 0. The van der Waals surface area contributed by atoms with Crippen molar-refractivity contribution < 1.29 is 25.1 Å². The SMILES string of the molecule is O=C1CC[NH+]2C[C@@H](O)[C@H](O)[C@@H](CO)N12. The zero-order valence-electron chi connectivity index (χ0n) is 7.76. The molecule has 4 atom stereocenters. The quantitative estimate of drug-likeness (QED) is 0.351. The van der Waals surface area contributed by atoms with E-state index in [-0.39, 0.29) is 12.5 Å². The van der Waals surface area contributed by atoms with Crippen LogP contribution in [0.4, 0.5) is 0 Å². The number of rotatable bonds is 1. The maximum absolute atomic E-state index is 11.4. The van der Waals surface area contributed by atoms with Crippen LogP contribution in [0.3, 0.4) is 0 Å². The minimum absolute atomic E-state index is 0.0648. The first kappa shape index (κ1) is 9.85. The lowest BCUT2D eigenvalue weighted by Crippen LogP contribution is -3.20. The lowest BCUT2D eigenvalue weighted by molar-refractivity contribution is -1.01. The fourth-order valence-corrected chi connectivity index (χ4v) is 2.25. The van der Waals surface area contributed by atoms with Gasteiger partial charge >= 0.3 is 0 Å². The maximum Gasteiger partial charge on any atom is 0.273 e. The fraction of sp³-hybridized carbons (Fsp3) is 0.875. The second-order valence-corrected chi connectivity index (χ2v) is 3.84. The molecule has 4 N–H and O–H groups in total. The molecule has 0 aromatic heterocycles. The first-order valence-corrected chi connectivity index (χ1v) is 4.79. The van der Waals surface area contributed by atoms with Gasteiger partial charge < -0.3 is 15.3 Å². The van der Waals surface area contributed by atoms with Crippen molar-refractivity contribution in [3.63, 3.8) is 0 Å².